The Hall–Kier alpha value is -2.41. The molecular weight excluding hydrogens is 382 g/mol. The van der Waals surface area contributed by atoms with Gasteiger partial charge in [-0.1, -0.05) is 24.3 Å². The lowest BCUT2D eigenvalue weighted by molar-refractivity contribution is -0.119. The van der Waals surface area contributed by atoms with Crippen molar-refractivity contribution >= 4 is 27.5 Å². The molecule has 2 aromatic heterocycles. The summed E-state index contributed by atoms with van der Waals surface area (Å²) in [6.07, 6.45) is 5.19. The third kappa shape index (κ3) is 3.82. The van der Waals surface area contributed by atoms with Gasteiger partial charge in [0, 0.05) is 6.20 Å². The van der Waals surface area contributed by atoms with Gasteiger partial charge in [-0.3, -0.25) is 14.2 Å². The number of rotatable bonds is 5. The number of aryl methyl sites for hydroxylation is 1. The van der Waals surface area contributed by atoms with Gasteiger partial charge in [0.15, 0.2) is 0 Å². The number of nitrogens with one attached hydrogen (secondary N) is 1. The minimum absolute atomic E-state index is 0.130. The van der Waals surface area contributed by atoms with E-state index >= 15 is 0 Å². The zero-order valence-electron chi connectivity index (χ0n) is 14.4. The number of halogens is 1. The molecule has 3 rings (SSSR count). The highest BCUT2D eigenvalue weighted by atomic mass is 79.9. The first-order chi connectivity index (χ1) is 12.0. The van der Waals surface area contributed by atoms with Gasteiger partial charge in [0.2, 0.25) is 5.91 Å². The Kier molecular flexibility index (Phi) is 5.03. The summed E-state index contributed by atoms with van der Waals surface area (Å²) < 4.78 is 4.40. The molecular formula is C18H20BrN5O. The zero-order chi connectivity index (χ0) is 18.0. The van der Waals surface area contributed by atoms with E-state index < -0.39 is 6.04 Å². The van der Waals surface area contributed by atoms with Gasteiger partial charge in [-0.05, 0) is 47.8 Å². The van der Waals surface area contributed by atoms with Crippen LogP contribution in [0.5, 0.6) is 0 Å². The molecule has 0 saturated heterocycles. The minimum atomic E-state index is -0.411. The fourth-order valence-corrected chi connectivity index (χ4v) is 2.90. The molecule has 3 aromatic rings. The van der Waals surface area contributed by atoms with Crippen molar-refractivity contribution in [3.8, 4) is 0 Å². The van der Waals surface area contributed by atoms with Crippen LogP contribution in [0.25, 0.3) is 0 Å². The molecule has 6 nitrogen and oxygen atoms in total. The van der Waals surface area contributed by atoms with E-state index in [-0.39, 0.29) is 5.91 Å². The first kappa shape index (κ1) is 17.4. The molecule has 0 aliphatic heterocycles. The number of amides is 1. The van der Waals surface area contributed by atoms with Gasteiger partial charge in [0.05, 0.1) is 34.8 Å². The SMILES string of the molecule is Cc1ccccc1Cn1cc(NC(=O)C(C)n2ncc(Br)c2C)cn1. The Morgan fingerprint density at radius 2 is 2.00 bits per heavy atom. The second kappa shape index (κ2) is 7.23. The van der Waals surface area contributed by atoms with Crippen LogP contribution in [0.3, 0.4) is 0 Å². The summed E-state index contributed by atoms with van der Waals surface area (Å²) in [7, 11) is 0. The third-order valence-corrected chi connectivity index (χ3v) is 5.00. The van der Waals surface area contributed by atoms with Gasteiger partial charge in [0.1, 0.15) is 6.04 Å². The van der Waals surface area contributed by atoms with Crippen molar-refractivity contribution in [3.63, 3.8) is 0 Å². The minimum Gasteiger partial charge on any atom is -0.322 e. The van der Waals surface area contributed by atoms with E-state index in [0.29, 0.717) is 12.2 Å². The predicted octanol–water partition coefficient (Wildman–Crippen LogP) is 3.71. The van der Waals surface area contributed by atoms with E-state index in [9.17, 15) is 4.79 Å². The molecule has 1 atom stereocenters. The molecule has 0 fully saturated rings. The average molecular weight is 402 g/mol. The fourth-order valence-electron chi connectivity index (χ4n) is 2.63. The van der Waals surface area contributed by atoms with E-state index in [1.54, 1.807) is 17.1 Å². The lowest BCUT2D eigenvalue weighted by Crippen LogP contribution is -2.25. The lowest BCUT2D eigenvalue weighted by Gasteiger charge is -2.13. The molecule has 0 radical (unpaired) electrons. The molecule has 0 aliphatic rings. The highest BCUT2D eigenvalue weighted by molar-refractivity contribution is 9.10. The Morgan fingerprint density at radius 3 is 2.68 bits per heavy atom. The van der Waals surface area contributed by atoms with Gasteiger partial charge in [-0.2, -0.15) is 10.2 Å². The number of benzene rings is 1. The highest BCUT2D eigenvalue weighted by Crippen LogP contribution is 2.19. The number of hydrogen-bond donors (Lipinski definition) is 1. The topological polar surface area (TPSA) is 64.7 Å². The largest absolute Gasteiger partial charge is 0.322 e. The number of hydrogen-bond acceptors (Lipinski definition) is 3. The van der Waals surface area contributed by atoms with Crippen molar-refractivity contribution in [2.75, 3.05) is 5.32 Å². The maximum atomic E-state index is 12.5. The van der Waals surface area contributed by atoms with E-state index in [1.807, 2.05) is 36.9 Å². The highest BCUT2D eigenvalue weighted by Gasteiger charge is 2.19. The van der Waals surface area contributed by atoms with E-state index in [1.165, 1.54) is 11.1 Å². The van der Waals surface area contributed by atoms with Crippen molar-refractivity contribution in [3.05, 3.63) is 64.1 Å². The molecule has 0 saturated carbocycles. The Morgan fingerprint density at radius 1 is 1.24 bits per heavy atom. The van der Waals surface area contributed by atoms with Crippen molar-refractivity contribution in [2.24, 2.45) is 0 Å². The van der Waals surface area contributed by atoms with Crippen LogP contribution in [-0.2, 0) is 11.3 Å². The maximum Gasteiger partial charge on any atom is 0.249 e. The molecule has 1 N–H and O–H groups in total. The van der Waals surface area contributed by atoms with Crippen LogP contribution >= 0.6 is 15.9 Å². The fraction of sp³-hybridized carbons (Fsp3) is 0.278. The summed E-state index contributed by atoms with van der Waals surface area (Å²) in [6.45, 7) is 6.48. The quantitative estimate of drug-likeness (QED) is 0.708. The number of nitrogens with zero attached hydrogens (tertiary/aromatic N) is 4. The van der Waals surface area contributed by atoms with Crippen LogP contribution in [0, 0.1) is 13.8 Å². The molecule has 130 valence electrons. The second-order valence-electron chi connectivity index (χ2n) is 6.04. The Bertz CT molecular complexity index is 899. The predicted molar refractivity (Wildman–Crippen MR) is 101 cm³/mol. The normalized spacial score (nSPS) is 12.2. The second-order valence-corrected chi connectivity index (χ2v) is 6.90. The lowest BCUT2D eigenvalue weighted by atomic mass is 10.1. The van der Waals surface area contributed by atoms with Crippen LogP contribution in [0.4, 0.5) is 5.69 Å². The summed E-state index contributed by atoms with van der Waals surface area (Å²) >= 11 is 3.41. The third-order valence-electron chi connectivity index (χ3n) is 4.23. The molecule has 1 amide bonds. The van der Waals surface area contributed by atoms with Gasteiger partial charge in [0.25, 0.3) is 0 Å². The molecule has 0 bridgehead atoms. The summed E-state index contributed by atoms with van der Waals surface area (Å²) in [5.74, 6) is -0.130. The zero-order valence-corrected chi connectivity index (χ0v) is 16.0. The summed E-state index contributed by atoms with van der Waals surface area (Å²) in [5.41, 5.74) is 4.01. The molecule has 0 spiro atoms. The number of carbonyl (C=O) groups excluding carboxylic acids is 1. The summed E-state index contributed by atoms with van der Waals surface area (Å²) in [4.78, 5) is 12.5. The van der Waals surface area contributed by atoms with Gasteiger partial charge >= 0.3 is 0 Å². The standard InChI is InChI=1S/C18H20BrN5O/c1-12-6-4-5-7-15(12)10-23-11-16(8-20-23)22-18(25)14(3)24-13(2)17(19)9-21-24/h4-9,11,14H,10H2,1-3H3,(H,22,25). The van der Waals surface area contributed by atoms with Crippen LogP contribution in [-0.4, -0.2) is 25.5 Å². The van der Waals surface area contributed by atoms with E-state index in [0.717, 1.165) is 10.2 Å². The number of anilines is 1. The number of carbonyl (C=O) groups is 1. The molecule has 2 heterocycles. The van der Waals surface area contributed by atoms with Crippen molar-refractivity contribution in [1.82, 2.24) is 19.6 Å². The Labute approximate surface area is 155 Å². The smallest absolute Gasteiger partial charge is 0.249 e. The van der Waals surface area contributed by atoms with Crippen LogP contribution < -0.4 is 5.32 Å². The Balaban J connectivity index is 1.68. The first-order valence-electron chi connectivity index (χ1n) is 8.03. The van der Waals surface area contributed by atoms with E-state index in [2.05, 4.69) is 50.5 Å². The molecule has 1 aromatic carbocycles. The molecule has 7 heteroatoms. The van der Waals surface area contributed by atoms with Crippen LogP contribution in [0.15, 0.2) is 47.3 Å². The first-order valence-corrected chi connectivity index (χ1v) is 8.82. The van der Waals surface area contributed by atoms with Gasteiger partial charge in [-0.15, -0.1) is 0 Å². The van der Waals surface area contributed by atoms with Crippen LogP contribution in [0.2, 0.25) is 0 Å². The van der Waals surface area contributed by atoms with Crippen molar-refractivity contribution in [2.45, 2.75) is 33.4 Å². The van der Waals surface area contributed by atoms with Gasteiger partial charge in [-0.25, -0.2) is 0 Å². The van der Waals surface area contributed by atoms with E-state index in [4.69, 9.17) is 0 Å². The maximum absolute atomic E-state index is 12.5. The molecule has 25 heavy (non-hydrogen) atoms. The summed E-state index contributed by atoms with van der Waals surface area (Å²) in [5, 5.41) is 11.5. The van der Waals surface area contributed by atoms with Crippen molar-refractivity contribution < 1.29 is 4.79 Å². The summed E-state index contributed by atoms with van der Waals surface area (Å²) in [6, 6.07) is 7.78. The number of aromatic nitrogens is 4. The molecule has 1 unspecified atom stereocenters. The van der Waals surface area contributed by atoms with Crippen molar-refractivity contribution in [1.29, 1.82) is 0 Å². The molecule has 0 aliphatic carbocycles. The monoisotopic (exact) mass is 401 g/mol. The van der Waals surface area contributed by atoms with Gasteiger partial charge < -0.3 is 5.32 Å². The van der Waals surface area contributed by atoms with Crippen LogP contribution in [0.1, 0.15) is 29.8 Å². The average Bonchev–Trinajstić information content (AvgIpc) is 3.16.